The summed E-state index contributed by atoms with van der Waals surface area (Å²) in [6.07, 6.45) is 1.34. The summed E-state index contributed by atoms with van der Waals surface area (Å²) in [5, 5.41) is 0.435. The van der Waals surface area contributed by atoms with Crippen molar-refractivity contribution in [2.45, 2.75) is 18.9 Å². The van der Waals surface area contributed by atoms with Gasteiger partial charge in [0.05, 0.1) is 22.8 Å². The Bertz CT molecular complexity index is 540. The average Bonchev–Trinajstić information content (AvgIpc) is 2.91. The molecule has 1 amide bonds. The lowest BCUT2D eigenvalue weighted by Crippen LogP contribution is -2.41. The molecule has 5 nitrogen and oxygen atoms in total. The van der Waals surface area contributed by atoms with E-state index >= 15 is 0 Å². The van der Waals surface area contributed by atoms with Gasteiger partial charge in [-0.25, -0.2) is 4.79 Å². The Morgan fingerprint density at radius 1 is 1.35 bits per heavy atom. The van der Waals surface area contributed by atoms with Gasteiger partial charge in [-0.15, -0.1) is 0 Å². The number of nitrogen functional groups attached to an aromatic ring is 1. The predicted octanol–water partition coefficient (Wildman–Crippen LogP) is 2.35. The number of carbonyl (C=O) groups excluding carboxylic acids is 2. The van der Waals surface area contributed by atoms with E-state index in [0.29, 0.717) is 18.5 Å². The summed E-state index contributed by atoms with van der Waals surface area (Å²) in [5.41, 5.74) is 6.18. The number of nitrogens with two attached hydrogens (primary N) is 1. The average molecular weight is 317 g/mol. The number of halogens is 2. The molecule has 1 saturated heterocycles. The minimum absolute atomic E-state index is 0.217. The van der Waals surface area contributed by atoms with Crippen LogP contribution in [0.3, 0.4) is 0 Å². The number of hydrogen-bond acceptors (Lipinski definition) is 4. The van der Waals surface area contributed by atoms with Gasteiger partial charge in [-0.05, 0) is 25.0 Å². The van der Waals surface area contributed by atoms with E-state index < -0.39 is 12.0 Å². The Kier molecular flexibility index (Phi) is 4.40. The molecule has 0 radical (unpaired) electrons. The van der Waals surface area contributed by atoms with Crippen molar-refractivity contribution in [3.8, 4) is 0 Å². The van der Waals surface area contributed by atoms with E-state index in [1.165, 1.54) is 24.1 Å². The lowest BCUT2D eigenvalue weighted by Gasteiger charge is -2.23. The Morgan fingerprint density at radius 3 is 2.50 bits per heavy atom. The summed E-state index contributed by atoms with van der Waals surface area (Å²) >= 11 is 11.8. The molecule has 2 N–H and O–H groups in total. The number of carbonyl (C=O) groups is 2. The minimum Gasteiger partial charge on any atom is -0.467 e. The number of methoxy groups -OCH3 is 1. The second kappa shape index (κ2) is 5.89. The van der Waals surface area contributed by atoms with Crippen molar-refractivity contribution in [3.05, 3.63) is 27.7 Å². The highest BCUT2D eigenvalue weighted by molar-refractivity contribution is 6.39. The van der Waals surface area contributed by atoms with Crippen molar-refractivity contribution in [2.75, 3.05) is 19.4 Å². The molecule has 20 heavy (non-hydrogen) atoms. The molecule has 0 aromatic heterocycles. The van der Waals surface area contributed by atoms with Gasteiger partial charge in [-0.1, -0.05) is 23.2 Å². The van der Waals surface area contributed by atoms with Crippen LogP contribution in [-0.2, 0) is 9.53 Å². The second-order valence-electron chi connectivity index (χ2n) is 4.53. The van der Waals surface area contributed by atoms with Crippen LogP contribution in [0.1, 0.15) is 23.2 Å². The molecule has 1 aromatic carbocycles. The predicted molar refractivity (Wildman–Crippen MR) is 76.9 cm³/mol. The quantitative estimate of drug-likeness (QED) is 0.671. The van der Waals surface area contributed by atoms with Gasteiger partial charge < -0.3 is 15.4 Å². The van der Waals surface area contributed by atoms with Crippen LogP contribution in [0.4, 0.5) is 5.69 Å². The molecule has 1 aromatic rings. The van der Waals surface area contributed by atoms with Crippen LogP contribution < -0.4 is 5.73 Å². The van der Waals surface area contributed by atoms with Gasteiger partial charge in [-0.2, -0.15) is 0 Å². The Balaban J connectivity index is 2.29. The van der Waals surface area contributed by atoms with Crippen LogP contribution in [0.15, 0.2) is 12.1 Å². The SMILES string of the molecule is COC(=O)C1CCCN1C(=O)c1cc(Cl)c(N)c(Cl)c1. The van der Waals surface area contributed by atoms with Gasteiger partial charge in [0.2, 0.25) is 0 Å². The fourth-order valence-electron chi connectivity index (χ4n) is 2.26. The summed E-state index contributed by atoms with van der Waals surface area (Å²) in [7, 11) is 1.31. The summed E-state index contributed by atoms with van der Waals surface area (Å²) in [6.45, 7) is 0.498. The van der Waals surface area contributed by atoms with E-state index in [0.717, 1.165) is 6.42 Å². The number of esters is 1. The Morgan fingerprint density at radius 2 is 1.95 bits per heavy atom. The molecule has 0 saturated carbocycles. The number of amides is 1. The molecule has 1 unspecified atom stereocenters. The molecule has 7 heteroatoms. The first-order valence-corrected chi connectivity index (χ1v) is 6.84. The van der Waals surface area contributed by atoms with E-state index in [1.807, 2.05) is 0 Å². The van der Waals surface area contributed by atoms with E-state index in [9.17, 15) is 9.59 Å². The zero-order valence-electron chi connectivity index (χ0n) is 10.9. The van der Waals surface area contributed by atoms with Gasteiger partial charge in [0.1, 0.15) is 6.04 Å². The summed E-state index contributed by atoms with van der Waals surface area (Å²) < 4.78 is 4.71. The number of hydrogen-bond donors (Lipinski definition) is 1. The summed E-state index contributed by atoms with van der Waals surface area (Å²) in [5.74, 6) is -0.717. The lowest BCUT2D eigenvalue weighted by molar-refractivity contribution is -0.145. The molecule has 2 rings (SSSR count). The molecule has 1 aliphatic rings. The normalized spacial score (nSPS) is 18.1. The van der Waals surface area contributed by atoms with Crippen LogP contribution in [-0.4, -0.2) is 36.5 Å². The highest BCUT2D eigenvalue weighted by Crippen LogP contribution is 2.30. The molecule has 0 bridgehead atoms. The first-order valence-electron chi connectivity index (χ1n) is 6.09. The van der Waals surface area contributed by atoms with Crippen LogP contribution in [0.25, 0.3) is 0 Å². The number of rotatable bonds is 2. The first-order chi connectivity index (χ1) is 9.45. The van der Waals surface area contributed by atoms with Crippen LogP contribution >= 0.6 is 23.2 Å². The van der Waals surface area contributed by atoms with Crippen molar-refractivity contribution < 1.29 is 14.3 Å². The molecular formula is C13H14Cl2N2O3. The molecule has 0 spiro atoms. The van der Waals surface area contributed by atoms with E-state index in [2.05, 4.69) is 0 Å². The Labute approximate surface area is 126 Å². The van der Waals surface area contributed by atoms with Crippen molar-refractivity contribution in [1.82, 2.24) is 4.90 Å². The Hall–Kier alpha value is -1.46. The number of benzene rings is 1. The fraction of sp³-hybridized carbons (Fsp3) is 0.385. The maximum absolute atomic E-state index is 12.5. The third-order valence-electron chi connectivity index (χ3n) is 3.31. The minimum atomic E-state index is -0.553. The third kappa shape index (κ3) is 2.69. The topological polar surface area (TPSA) is 72.6 Å². The summed E-state index contributed by atoms with van der Waals surface area (Å²) in [4.78, 5) is 25.6. The monoisotopic (exact) mass is 316 g/mol. The molecule has 1 aliphatic heterocycles. The van der Waals surface area contributed by atoms with Crippen molar-refractivity contribution >= 4 is 40.8 Å². The second-order valence-corrected chi connectivity index (χ2v) is 5.35. The molecule has 108 valence electrons. The van der Waals surface area contributed by atoms with Crippen LogP contribution in [0.2, 0.25) is 10.0 Å². The zero-order chi connectivity index (χ0) is 14.9. The van der Waals surface area contributed by atoms with E-state index in [1.54, 1.807) is 0 Å². The lowest BCUT2D eigenvalue weighted by atomic mass is 10.1. The third-order valence-corrected chi connectivity index (χ3v) is 3.94. The van der Waals surface area contributed by atoms with Gasteiger partial charge in [0.15, 0.2) is 0 Å². The zero-order valence-corrected chi connectivity index (χ0v) is 12.4. The number of nitrogens with zero attached hydrogens (tertiary/aromatic N) is 1. The van der Waals surface area contributed by atoms with E-state index in [-0.39, 0.29) is 21.6 Å². The van der Waals surface area contributed by atoms with Crippen molar-refractivity contribution in [2.24, 2.45) is 0 Å². The van der Waals surface area contributed by atoms with Gasteiger partial charge >= 0.3 is 5.97 Å². The number of likely N-dealkylation sites (tertiary alicyclic amines) is 1. The summed E-state index contributed by atoms with van der Waals surface area (Å²) in [6, 6.07) is 2.36. The molecular weight excluding hydrogens is 303 g/mol. The van der Waals surface area contributed by atoms with Gasteiger partial charge in [-0.3, -0.25) is 4.79 Å². The molecule has 1 heterocycles. The maximum Gasteiger partial charge on any atom is 0.328 e. The van der Waals surface area contributed by atoms with Crippen LogP contribution in [0, 0.1) is 0 Å². The molecule has 1 fully saturated rings. The highest BCUT2D eigenvalue weighted by atomic mass is 35.5. The number of ether oxygens (including phenoxy) is 1. The largest absolute Gasteiger partial charge is 0.467 e. The van der Waals surface area contributed by atoms with Crippen LogP contribution in [0.5, 0.6) is 0 Å². The van der Waals surface area contributed by atoms with Crippen molar-refractivity contribution in [3.63, 3.8) is 0 Å². The molecule has 0 aliphatic carbocycles. The van der Waals surface area contributed by atoms with E-state index in [4.69, 9.17) is 33.7 Å². The highest BCUT2D eigenvalue weighted by Gasteiger charge is 2.35. The first kappa shape index (κ1) is 14.9. The molecule has 1 atom stereocenters. The van der Waals surface area contributed by atoms with Gasteiger partial charge in [0.25, 0.3) is 5.91 Å². The maximum atomic E-state index is 12.5. The van der Waals surface area contributed by atoms with Crippen molar-refractivity contribution in [1.29, 1.82) is 0 Å². The fourth-order valence-corrected chi connectivity index (χ4v) is 2.75. The standard InChI is InChI=1S/C13H14Cl2N2O3/c1-20-13(19)10-3-2-4-17(10)12(18)7-5-8(14)11(16)9(15)6-7/h5-6,10H,2-4,16H2,1H3. The van der Waals surface area contributed by atoms with Gasteiger partial charge in [0, 0.05) is 12.1 Å². The number of anilines is 1. The smallest absolute Gasteiger partial charge is 0.328 e.